The Kier molecular flexibility index (Phi) is 1.92. The molecule has 1 saturated heterocycles. The molecule has 1 aliphatic heterocycles. The predicted molar refractivity (Wildman–Crippen MR) is 42.1 cm³/mol. The van der Waals surface area contributed by atoms with E-state index < -0.39 is 6.09 Å². The molecule has 0 bridgehead atoms. The number of rotatable bonds is 3. The zero-order valence-electron chi connectivity index (χ0n) is 6.90. The number of carbonyl (C=O) groups is 1. The average molecular weight is 171 g/mol. The number of hydrogen-bond donors (Lipinski definition) is 1. The van der Waals surface area contributed by atoms with Crippen LogP contribution in [0, 0.1) is 5.92 Å². The Labute approximate surface area is 71.1 Å². The molecule has 4 heteroatoms. The summed E-state index contributed by atoms with van der Waals surface area (Å²) in [5.74, 6) is 0.767. The highest BCUT2D eigenvalue weighted by molar-refractivity contribution is 5.66. The highest BCUT2D eigenvalue weighted by atomic mass is 16.5. The van der Waals surface area contributed by atoms with Crippen LogP contribution in [0.25, 0.3) is 0 Å². The van der Waals surface area contributed by atoms with Gasteiger partial charge in [-0.1, -0.05) is 0 Å². The quantitative estimate of drug-likeness (QED) is 0.682. The number of likely N-dealkylation sites (tertiary alicyclic amines) is 1. The fourth-order valence-corrected chi connectivity index (χ4v) is 1.26. The third kappa shape index (κ3) is 1.69. The fourth-order valence-electron chi connectivity index (χ4n) is 1.26. The summed E-state index contributed by atoms with van der Waals surface area (Å²) in [4.78, 5) is 11.7. The van der Waals surface area contributed by atoms with Gasteiger partial charge in [-0.15, -0.1) is 0 Å². The molecule has 1 saturated carbocycles. The molecule has 0 atom stereocenters. The van der Waals surface area contributed by atoms with Crippen LogP contribution in [0.2, 0.25) is 0 Å². The molecule has 0 aromatic rings. The summed E-state index contributed by atoms with van der Waals surface area (Å²) in [6.07, 6.45) is 1.91. The van der Waals surface area contributed by atoms with Crippen molar-refractivity contribution in [2.75, 3.05) is 19.7 Å². The normalized spacial score (nSPS) is 23.8. The SMILES string of the molecule is O=C(O)N1CC(OCC2CC2)C1. The Hall–Kier alpha value is -0.770. The highest BCUT2D eigenvalue weighted by Gasteiger charge is 2.32. The van der Waals surface area contributed by atoms with E-state index in [1.807, 2.05) is 0 Å². The second kappa shape index (κ2) is 2.94. The van der Waals surface area contributed by atoms with E-state index in [4.69, 9.17) is 9.84 Å². The number of ether oxygens (including phenoxy) is 1. The maximum atomic E-state index is 10.3. The van der Waals surface area contributed by atoms with Gasteiger partial charge in [0.25, 0.3) is 0 Å². The van der Waals surface area contributed by atoms with Gasteiger partial charge in [0.05, 0.1) is 19.2 Å². The van der Waals surface area contributed by atoms with Crippen molar-refractivity contribution in [1.29, 1.82) is 0 Å². The third-order valence-corrected chi connectivity index (χ3v) is 2.38. The van der Waals surface area contributed by atoms with Crippen LogP contribution in [0.4, 0.5) is 4.79 Å². The van der Waals surface area contributed by atoms with E-state index in [9.17, 15) is 4.79 Å². The molecular formula is C8H13NO3. The molecule has 1 amide bonds. The maximum absolute atomic E-state index is 10.3. The number of amides is 1. The van der Waals surface area contributed by atoms with Crippen molar-refractivity contribution in [1.82, 2.24) is 4.90 Å². The number of nitrogens with zero attached hydrogens (tertiary/aromatic N) is 1. The van der Waals surface area contributed by atoms with Crippen LogP contribution in [-0.4, -0.2) is 41.9 Å². The standard InChI is InChI=1S/C8H13NO3/c10-8(11)9-3-7(4-9)12-5-6-1-2-6/h6-7H,1-5H2,(H,10,11). The van der Waals surface area contributed by atoms with Gasteiger partial charge in [-0.25, -0.2) is 4.79 Å². The lowest BCUT2D eigenvalue weighted by atomic mass is 10.2. The number of carboxylic acid groups (broad SMARTS) is 1. The largest absolute Gasteiger partial charge is 0.465 e. The summed E-state index contributed by atoms with van der Waals surface area (Å²) < 4.78 is 5.48. The van der Waals surface area contributed by atoms with Gasteiger partial charge in [0.15, 0.2) is 0 Å². The van der Waals surface area contributed by atoms with Gasteiger partial charge < -0.3 is 14.7 Å². The first-order chi connectivity index (χ1) is 5.75. The van der Waals surface area contributed by atoms with Crippen LogP contribution in [0.1, 0.15) is 12.8 Å². The van der Waals surface area contributed by atoms with Gasteiger partial charge in [0.1, 0.15) is 0 Å². The van der Waals surface area contributed by atoms with E-state index in [1.54, 1.807) is 0 Å². The maximum Gasteiger partial charge on any atom is 0.407 e. The van der Waals surface area contributed by atoms with Crippen LogP contribution < -0.4 is 0 Å². The lowest BCUT2D eigenvalue weighted by Crippen LogP contribution is -2.54. The molecule has 2 fully saturated rings. The van der Waals surface area contributed by atoms with Gasteiger partial charge in [-0.2, -0.15) is 0 Å². The Bertz CT molecular complexity index is 185. The third-order valence-electron chi connectivity index (χ3n) is 2.38. The molecule has 1 N–H and O–H groups in total. The molecular weight excluding hydrogens is 158 g/mol. The Morgan fingerprint density at radius 3 is 2.67 bits per heavy atom. The Morgan fingerprint density at radius 2 is 2.17 bits per heavy atom. The van der Waals surface area contributed by atoms with E-state index in [0.717, 1.165) is 12.5 Å². The van der Waals surface area contributed by atoms with Gasteiger partial charge in [0, 0.05) is 6.61 Å². The topological polar surface area (TPSA) is 49.8 Å². The van der Waals surface area contributed by atoms with Gasteiger partial charge >= 0.3 is 6.09 Å². The van der Waals surface area contributed by atoms with Crippen LogP contribution >= 0.6 is 0 Å². The summed E-state index contributed by atoms with van der Waals surface area (Å²) in [5, 5.41) is 8.51. The first-order valence-corrected chi connectivity index (χ1v) is 4.35. The van der Waals surface area contributed by atoms with Gasteiger partial charge in [-0.3, -0.25) is 0 Å². The van der Waals surface area contributed by atoms with E-state index in [-0.39, 0.29) is 6.10 Å². The van der Waals surface area contributed by atoms with Crippen LogP contribution in [0.5, 0.6) is 0 Å². The van der Waals surface area contributed by atoms with E-state index in [1.165, 1.54) is 17.7 Å². The molecule has 1 aliphatic carbocycles. The molecule has 4 nitrogen and oxygen atoms in total. The van der Waals surface area contributed by atoms with Crippen molar-refractivity contribution < 1.29 is 14.6 Å². The molecule has 0 radical (unpaired) electrons. The molecule has 12 heavy (non-hydrogen) atoms. The van der Waals surface area contributed by atoms with Crippen molar-refractivity contribution in [2.24, 2.45) is 5.92 Å². The molecule has 0 aromatic heterocycles. The monoisotopic (exact) mass is 171 g/mol. The highest BCUT2D eigenvalue weighted by Crippen LogP contribution is 2.29. The van der Waals surface area contributed by atoms with Gasteiger partial charge in [0.2, 0.25) is 0 Å². The average Bonchev–Trinajstić information content (AvgIpc) is 2.66. The molecule has 1 heterocycles. The van der Waals surface area contributed by atoms with Crippen molar-refractivity contribution >= 4 is 6.09 Å². The molecule has 68 valence electrons. The second-order valence-electron chi connectivity index (χ2n) is 3.59. The zero-order chi connectivity index (χ0) is 8.55. The molecule has 0 unspecified atom stereocenters. The van der Waals surface area contributed by atoms with Gasteiger partial charge in [-0.05, 0) is 18.8 Å². The first kappa shape index (κ1) is 7.86. The molecule has 0 spiro atoms. The zero-order valence-corrected chi connectivity index (χ0v) is 6.90. The van der Waals surface area contributed by atoms with E-state index >= 15 is 0 Å². The van der Waals surface area contributed by atoms with E-state index in [0.29, 0.717) is 13.1 Å². The van der Waals surface area contributed by atoms with Crippen LogP contribution in [0.15, 0.2) is 0 Å². The summed E-state index contributed by atoms with van der Waals surface area (Å²) in [6, 6.07) is 0. The van der Waals surface area contributed by atoms with Crippen LogP contribution in [0.3, 0.4) is 0 Å². The molecule has 2 aliphatic rings. The molecule has 0 aromatic carbocycles. The minimum Gasteiger partial charge on any atom is -0.465 e. The smallest absolute Gasteiger partial charge is 0.407 e. The van der Waals surface area contributed by atoms with E-state index in [2.05, 4.69) is 0 Å². The van der Waals surface area contributed by atoms with Crippen molar-refractivity contribution in [3.63, 3.8) is 0 Å². The minimum absolute atomic E-state index is 0.168. The lowest BCUT2D eigenvalue weighted by Gasteiger charge is -2.36. The molecule has 2 rings (SSSR count). The minimum atomic E-state index is -0.832. The van der Waals surface area contributed by atoms with Crippen molar-refractivity contribution in [3.05, 3.63) is 0 Å². The predicted octanol–water partition coefficient (Wildman–Crippen LogP) is 0.775. The van der Waals surface area contributed by atoms with Crippen molar-refractivity contribution in [2.45, 2.75) is 18.9 Å². The number of hydrogen-bond acceptors (Lipinski definition) is 2. The summed E-state index contributed by atoms with van der Waals surface area (Å²) in [7, 11) is 0. The van der Waals surface area contributed by atoms with Crippen LogP contribution in [-0.2, 0) is 4.74 Å². The summed E-state index contributed by atoms with van der Waals surface area (Å²) in [5.41, 5.74) is 0. The Morgan fingerprint density at radius 1 is 1.50 bits per heavy atom. The Balaban J connectivity index is 1.58. The summed E-state index contributed by atoms with van der Waals surface area (Å²) in [6.45, 7) is 1.95. The summed E-state index contributed by atoms with van der Waals surface area (Å²) >= 11 is 0. The fraction of sp³-hybridized carbons (Fsp3) is 0.875. The second-order valence-corrected chi connectivity index (χ2v) is 3.59. The lowest BCUT2D eigenvalue weighted by molar-refractivity contribution is -0.0477. The van der Waals surface area contributed by atoms with Crippen molar-refractivity contribution in [3.8, 4) is 0 Å². The first-order valence-electron chi connectivity index (χ1n) is 4.35.